The molecule has 0 saturated carbocycles. The van der Waals surface area contributed by atoms with Gasteiger partial charge in [0.25, 0.3) is 0 Å². The number of halogens is 3. The smallest absolute Gasteiger partial charge is 0.185 e. The van der Waals surface area contributed by atoms with Gasteiger partial charge in [-0.2, -0.15) is 14.6 Å². The average Bonchev–Trinajstić information content (AvgIpc) is 1.90. The third-order valence-corrected chi connectivity index (χ3v) is 0.218. The molecule has 0 spiro atoms. The van der Waals surface area contributed by atoms with Crippen molar-refractivity contribution in [2.24, 2.45) is 0 Å². The number of rotatable bonds is 3. The zero-order valence-electron chi connectivity index (χ0n) is 6.14. The fourth-order valence-corrected chi connectivity index (χ4v) is 0.0412. The molecule has 0 aromatic rings. The van der Waals surface area contributed by atoms with Crippen LogP contribution < -0.4 is 0 Å². The summed E-state index contributed by atoms with van der Waals surface area (Å²) in [7, 11) is -2.51. The van der Waals surface area contributed by atoms with E-state index < -0.39 is 7.32 Å². The van der Waals surface area contributed by atoms with Crippen molar-refractivity contribution >= 4 is 56.3 Å². The summed E-state index contributed by atoms with van der Waals surface area (Å²) in [6, 6.07) is 0. The molecular formula is C3H5BF3KO3. The fourth-order valence-electron chi connectivity index (χ4n) is 0.0412. The van der Waals surface area contributed by atoms with Crippen molar-refractivity contribution in [1.29, 1.82) is 0 Å². The van der Waals surface area contributed by atoms with E-state index in [9.17, 15) is 13.6 Å². The molecule has 0 atom stereocenters. The maximum Gasteiger partial charge on any atom is 0.737 e. The van der Waals surface area contributed by atoms with Gasteiger partial charge in [0.15, 0.2) is 0 Å². The second-order valence-electron chi connectivity index (χ2n) is 1.76. The summed E-state index contributed by atoms with van der Waals surface area (Å²) in [6.45, 7) is 5.69. The molecule has 3 nitrogen and oxygen atoms in total. The Kier molecular flexibility index (Phi) is 14.8. The Morgan fingerprint density at radius 2 is 1.45 bits per heavy atom. The van der Waals surface area contributed by atoms with Gasteiger partial charge in [0.2, 0.25) is 0 Å². The normalized spacial score (nSPS) is 8.18. The quantitative estimate of drug-likeness (QED) is 0.637. The van der Waals surface area contributed by atoms with E-state index in [-0.39, 0.29) is 0 Å². The number of hydrogen-bond donors (Lipinski definition) is 0. The minimum absolute atomic E-state index is 0.868. The summed E-state index contributed by atoms with van der Waals surface area (Å²) >= 11 is 0.868. The molecule has 0 aromatic carbocycles. The van der Waals surface area contributed by atoms with Crippen LogP contribution in [0.1, 0.15) is 6.92 Å². The van der Waals surface area contributed by atoms with Crippen LogP contribution in [-0.4, -0.2) is 56.3 Å². The predicted molar refractivity (Wildman–Crippen MR) is 32.9 cm³/mol. The third-order valence-electron chi connectivity index (χ3n) is 0.218. The molecule has 60 valence electrons. The zero-order valence-corrected chi connectivity index (χ0v) is 9.27. The Balaban J connectivity index is 0. The van der Waals surface area contributed by atoms with Gasteiger partial charge < -0.3 is 0 Å². The molecule has 11 heavy (non-hydrogen) atoms. The van der Waals surface area contributed by atoms with E-state index in [0.29, 0.717) is 0 Å². The first kappa shape index (κ1) is 14.6. The standard InChI is InChI=1S/C3H5.BF3O3.K/c1-3-2;2-5-1(6-3)7-4;/h1H2,2H3;;. The summed E-state index contributed by atoms with van der Waals surface area (Å²) < 4.78 is 32.6. The molecule has 0 aliphatic rings. The van der Waals surface area contributed by atoms with Crippen LogP contribution in [0.3, 0.4) is 0 Å². The van der Waals surface area contributed by atoms with Crippen molar-refractivity contribution in [3.05, 3.63) is 6.25 Å². The van der Waals surface area contributed by atoms with Crippen molar-refractivity contribution in [2.45, 2.75) is 6.92 Å². The van der Waals surface area contributed by atoms with Gasteiger partial charge in [-0.05, 0) is 0 Å². The van der Waals surface area contributed by atoms with E-state index >= 15 is 0 Å². The molecule has 0 unspecified atom stereocenters. The second-order valence-corrected chi connectivity index (χ2v) is 4.43. The zero-order chi connectivity index (χ0) is 9.28. The minimum Gasteiger partial charge on any atom is -0.185 e. The Bertz CT molecular complexity index is 92.3. The number of hydrogen-bond acceptors (Lipinski definition) is 3. The molecule has 0 aliphatic carbocycles. The van der Waals surface area contributed by atoms with Gasteiger partial charge in [0, 0.05) is 0 Å². The Labute approximate surface area is 96.3 Å². The van der Waals surface area contributed by atoms with Gasteiger partial charge in [-0.15, -0.1) is 0 Å². The van der Waals surface area contributed by atoms with Gasteiger partial charge in [-0.3, -0.25) is 0 Å². The predicted octanol–water partition coefficient (Wildman–Crippen LogP) is 1.36. The maximum atomic E-state index is 10.4. The van der Waals surface area contributed by atoms with Crippen LogP contribution in [-0.2, 0) is 14.6 Å². The monoisotopic (exact) mass is 196 g/mol. The molecular weight excluding hydrogens is 191 g/mol. The topological polar surface area (TPSA) is 27.7 Å². The van der Waals surface area contributed by atoms with Crippen LogP contribution in [0.4, 0.5) is 13.6 Å². The molecule has 0 amide bonds. The van der Waals surface area contributed by atoms with E-state index in [1.165, 1.54) is -0.332 Å². The van der Waals surface area contributed by atoms with E-state index in [1.807, 2.05) is 0 Å². The van der Waals surface area contributed by atoms with E-state index in [1.54, 1.807) is 0 Å². The van der Waals surface area contributed by atoms with Crippen molar-refractivity contribution in [2.75, 3.05) is 0 Å². The van der Waals surface area contributed by atoms with Crippen molar-refractivity contribution < 1.29 is 28.2 Å². The maximum absolute atomic E-state index is 10.4. The number of allylic oxidation sites excluding steroid dienone is 1. The van der Waals surface area contributed by atoms with Gasteiger partial charge in [0.05, 0.1) is 0 Å². The van der Waals surface area contributed by atoms with Crippen molar-refractivity contribution in [1.82, 2.24) is 0 Å². The van der Waals surface area contributed by atoms with Gasteiger partial charge in [-0.25, -0.2) is 0 Å². The summed E-state index contributed by atoms with van der Waals surface area (Å²) in [5.41, 5.74) is 0. The van der Waals surface area contributed by atoms with Crippen LogP contribution in [0.15, 0.2) is 6.25 Å². The van der Waals surface area contributed by atoms with E-state index in [0.717, 1.165) is 49.0 Å². The Morgan fingerprint density at radius 3 is 1.45 bits per heavy atom. The molecule has 0 aliphatic heterocycles. The summed E-state index contributed by atoms with van der Waals surface area (Å²) in [4.78, 5) is 7.06. The molecule has 0 N–H and O–H groups in total. The molecule has 0 saturated heterocycles. The first-order valence-corrected chi connectivity index (χ1v) is 4.09. The molecule has 0 aromatic heterocycles. The van der Waals surface area contributed by atoms with Crippen LogP contribution >= 0.6 is 0 Å². The first-order chi connectivity index (χ1) is 5.08. The molecule has 0 bridgehead atoms. The molecule has 0 rings (SSSR count). The van der Waals surface area contributed by atoms with Crippen LogP contribution in [0.2, 0.25) is 0 Å². The molecule has 0 radical (unpaired) electrons. The molecule has 0 heterocycles. The van der Waals surface area contributed by atoms with Crippen LogP contribution in [0.25, 0.3) is 0 Å². The third kappa shape index (κ3) is 18.2. The average molecular weight is 196 g/mol. The first-order valence-electron chi connectivity index (χ1n) is 2.52. The summed E-state index contributed by atoms with van der Waals surface area (Å²) in [6.07, 6.45) is 0. The second kappa shape index (κ2) is 11.1. The van der Waals surface area contributed by atoms with Crippen LogP contribution in [0.5, 0.6) is 0 Å². The van der Waals surface area contributed by atoms with Gasteiger partial charge >= 0.3 is 69.4 Å². The SMILES string of the molecule is C=[C](C)[K].FOB(OF)OF. The summed E-state index contributed by atoms with van der Waals surface area (Å²) in [5.74, 6) is 0. The Hall–Kier alpha value is 1.11. The van der Waals surface area contributed by atoms with Crippen LogP contribution in [0, 0.1) is 0 Å². The minimum atomic E-state index is -2.51. The van der Waals surface area contributed by atoms with Crippen molar-refractivity contribution in [3.8, 4) is 0 Å². The van der Waals surface area contributed by atoms with E-state index in [2.05, 4.69) is 28.1 Å². The van der Waals surface area contributed by atoms with Gasteiger partial charge in [0.1, 0.15) is 0 Å². The largest absolute Gasteiger partial charge is 0.737 e. The van der Waals surface area contributed by atoms with Crippen molar-refractivity contribution in [3.63, 3.8) is 0 Å². The molecule has 0 fully saturated rings. The Morgan fingerprint density at radius 1 is 1.27 bits per heavy atom. The summed E-state index contributed by atoms with van der Waals surface area (Å²) in [5, 5.41) is 0. The van der Waals surface area contributed by atoms with Gasteiger partial charge in [-0.1, -0.05) is 13.6 Å². The van der Waals surface area contributed by atoms with E-state index in [4.69, 9.17) is 0 Å². The fraction of sp³-hybridized carbons (Fsp3) is 0.333. The molecule has 8 heteroatoms.